The van der Waals surface area contributed by atoms with Crippen LogP contribution in [-0.2, 0) is 44.3 Å². The maximum Gasteiger partial charge on any atom is 0.108 e. The van der Waals surface area contributed by atoms with Crippen molar-refractivity contribution < 1.29 is 43.0 Å². The summed E-state index contributed by atoms with van der Waals surface area (Å²) < 4.78 is 43.2. The van der Waals surface area contributed by atoms with E-state index in [1.54, 1.807) is 0 Å². The van der Waals surface area contributed by atoms with Gasteiger partial charge < -0.3 is 48.3 Å². The SMILES string of the molecule is C.CC.CC.CC.CC.CC.CC.ClCC1CO1.ClCC1CO1.ClC[C@@H]1CO1.ClC[C@H]1CO1.OC(Cc1ccccc1)CN1CCN(CCOC(c2ccccc2)c2ccccc2)CC1.c1ccc(C(OCCN2CCN(CC3CO3)CC2)c2ccccc2)cc1.c1ccc(C(OCCN2CCNCC2)c2ccccc2)cc1. The standard InChI is InChI=1S/C28H34N2O2.C22H28N2O2.C19H24N2O.4C3H5ClO.6C2H6.CH4/c31-27(22-24-10-4-1-5-11-24)23-30-18-16-29(17-19-30)20-21-32-28(25-12-6-2-7-13-25)26-14-8-3-9-15-26;1-3-7-19(8-4-1)22(20-9-5-2-6-10-20)25-16-15-23-11-13-24(14-12-23)17-21-18-26-21;1-3-7-17(8-4-1)19(18-9-5-2-6-10-18)22-16-15-21-13-11-20-12-14-21;4*4-1-3-2-5-3;6*1-2;/h1-15,27-28,31H,16-23H2;1-10,21-22H,11-18H2;1-10,19-20H,11-16H2;4*3H,1-2H2;6*1-2H3;1H4/t;;;2*3-;;;;;;;;;/m...10........./s1. The Balaban J connectivity index is 0.000000482. The molecule has 8 aliphatic rings. The van der Waals surface area contributed by atoms with Gasteiger partial charge in [-0.2, -0.15) is 0 Å². The van der Waals surface area contributed by atoms with E-state index in [0.717, 1.165) is 164 Å². The molecular formula is C94H146Cl4N6O9. The van der Waals surface area contributed by atoms with Crippen molar-refractivity contribution >= 4 is 46.4 Å². The first kappa shape index (κ1) is 104. The van der Waals surface area contributed by atoms with E-state index in [1.807, 2.05) is 126 Å². The Morgan fingerprint density at radius 1 is 0.327 bits per heavy atom. The molecule has 7 aromatic rings. The van der Waals surface area contributed by atoms with Gasteiger partial charge in [0.15, 0.2) is 0 Å². The number of β-amino-alcohol motifs (C(OH)–C–C–N with tert-alkyl or cyclic N) is 1. The molecule has 19 heteroatoms. The van der Waals surface area contributed by atoms with Crippen molar-refractivity contribution in [3.8, 4) is 0 Å². The van der Waals surface area contributed by atoms with Crippen LogP contribution in [0.4, 0.5) is 0 Å². The van der Waals surface area contributed by atoms with Crippen LogP contribution in [-0.4, -0.2) is 254 Å². The van der Waals surface area contributed by atoms with E-state index in [4.69, 9.17) is 84.3 Å². The second kappa shape index (κ2) is 69.1. The van der Waals surface area contributed by atoms with Crippen LogP contribution < -0.4 is 5.32 Å². The Bertz CT molecular complexity index is 2970. The van der Waals surface area contributed by atoms with E-state index < -0.39 is 0 Å². The Morgan fingerprint density at radius 2 is 0.549 bits per heavy atom. The number of rotatable bonds is 28. The molecule has 0 amide bonds. The highest BCUT2D eigenvalue weighted by molar-refractivity contribution is 6.19. The van der Waals surface area contributed by atoms with Crippen molar-refractivity contribution in [1.29, 1.82) is 0 Å². The molecule has 634 valence electrons. The van der Waals surface area contributed by atoms with Crippen molar-refractivity contribution in [2.24, 2.45) is 0 Å². The molecular weight excluding hydrogens is 1500 g/mol. The minimum atomic E-state index is -0.315. The molecule has 15 nitrogen and oxygen atoms in total. The molecule has 0 saturated carbocycles. The summed E-state index contributed by atoms with van der Waals surface area (Å²) in [7, 11) is 0. The van der Waals surface area contributed by atoms with Crippen molar-refractivity contribution in [3.05, 3.63) is 251 Å². The van der Waals surface area contributed by atoms with Gasteiger partial charge in [0.1, 0.15) is 18.3 Å². The summed E-state index contributed by atoms with van der Waals surface area (Å²) in [6.07, 6.45) is 2.49. The number of benzene rings is 7. The number of hydrogen-bond acceptors (Lipinski definition) is 15. The molecule has 0 bridgehead atoms. The van der Waals surface area contributed by atoms with E-state index in [2.05, 4.69) is 200 Å². The third-order valence-electron chi connectivity index (χ3n) is 17.8. The average Bonchev–Trinajstić information content (AvgIpc) is 1.78. The third-order valence-corrected chi connectivity index (χ3v) is 19.2. The van der Waals surface area contributed by atoms with Crippen LogP contribution in [0, 0.1) is 0 Å². The second-order valence-electron chi connectivity index (χ2n) is 25.8. The first-order valence-corrected chi connectivity index (χ1v) is 44.0. The highest BCUT2D eigenvalue weighted by Gasteiger charge is 2.29. The predicted molar refractivity (Wildman–Crippen MR) is 480 cm³/mol. The molecule has 113 heavy (non-hydrogen) atoms. The molecule has 8 heterocycles. The number of hydrogen-bond donors (Lipinski definition) is 2. The number of nitrogens with zero attached hydrogens (tertiary/aromatic N) is 5. The lowest BCUT2D eigenvalue weighted by Crippen LogP contribution is -2.49. The van der Waals surface area contributed by atoms with Crippen LogP contribution in [0.15, 0.2) is 212 Å². The Kier molecular flexibility index (Phi) is 63.7. The van der Waals surface area contributed by atoms with Gasteiger partial charge >= 0.3 is 0 Å². The number of epoxide rings is 5. The van der Waals surface area contributed by atoms with Crippen LogP contribution in [0.5, 0.6) is 0 Å². The fraction of sp³-hybridized carbons (Fsp3) is 0.553. The van der Waals surface area contributed by atoms with Crippen LogP contribution in [0.25, 0.3) is 0 Å². The largest absolute Gasteiger partial charge is 0.391 e. The first-order valence-electron chi connectivity index (χ1n) is 41.8. The van der Waals surface area contributed by atoms with Gasteiger partial charge in [-0.15, -0.1) is 46.4 Å². The second-order valence-corrected chi connectivity index (χ2v) is 27.1. The maximum atomic E-state index is 10.5. The van der Waals surface area contributed by atoms with E-state index in [0.29, 0.717) is 60.6 Å². The minimum Gasteiger partial charge on any atom is -0.391 e. The quantitative estimate of drug-likeness (QED) is 0.0355. The van der Waals surface area contributed by atoms with Crippen LogP contribution in [0.1, 0.15) is 148 Å². The third kappa shape index (κ3) is 48.5. The molecule has 15 rings (SSSR count). The summed E-state index contributed by atoms with van der Waals surface area (Å²) in [5, 5.41) is 13.8. The van der Waals surface area contributed by atoms with Crippen LogP contribution in [0.2, 0.25) is 0 Å². The Hall–Kier alpha value is -4.90. The summed E-state index contributed by atoms with van der Waals surface area (Å²) >= 11 is 21.1. The topological polar surface area (TPSA) is 139 Å². The summed E-state index contributed by atoms with van der Waals surface area (Å²) in [5.74, 6) is 2.67. The Morgan fingerprint density at radius 3 is 0.779 bits per heavy atom. The summed E-state index contributed by atoms with van der Waals surface area (Å²) in [6, 6.07) is 73.1. The van der Waals surface area contributed by atoms with Gasteiger partial charge in [-0.05, 0) is 45.4 Å². The lowest BCUT2D eigenvalue weighted by molar-refractivity contribution is 0.0353. The molecule has 0 aromatic heterocycles. The van der Waals surface area contributed by atoms with Gasteiger partial charge in [0, 0.05) is 111 Å². The molecule has 8 aliphatic heterocycles. The van der Waals surface area contributed by atoms with Crippen molar-refractivity contribution in [2.45, 2.75) is 152 Å². The van der Waals surface area contributed by atoms with Crippen LogP contribution >= 0.6 is 46.4 Å². The highest BCUT2D eigenvalue weighted by atomic mass is 35.5. The zero-order valence-electron chi connectivity index (χ0n) is 70.1. The fourth-order valence-electron chi connectivity index (χ4n) is 11.5. The number of aliphatic hydroxyl groups excluding tert-OH is 1. The lowest BCUT2D eigenvalue weighted by Gasteiger charge is -2.35. The van der Waals surface area contributed by atoms with Crippen molar-refractivity contribution in [3.63, 3.8) is 0 Å². The van der Waals surface area contributed by atoms with Gasteiger partial charge in [0.25, 0.3) is 0 Å². The summed E-state index contributed by atoms with van der Waals surface area (Å²) in [4.78, 5) is 12.3. The molecule has 6 atom stereocenters. The highest BCUT2D eigenvalue weighted by Crippen LogP contribution is 2.29. The number of nitrogens with one attached hydrogen (secondary N) is 1. The van der Waals surface area contributed by atoms with E-state index >= 15 is 0 Å². The maximum absolute atomic E-state index is 10.5. The number of ether oxygens (including phenoxy) is 8. The van der Waals surface area contributed by atoms with Crippen molar-refractivity contribution in [1.82, 2.24) is 29.8 Å². The van der Waals surface area contributed by atoms with Gasteiger partial charge in [-0.1, -0.05) is 303 Å². The van der Waals surface area contributed by atoms with Crippen LogP contribution in [0.3, 0.4) is 0 Å². The van der Waals surface area contributed by atoms with Gasteiger partial charge in [0.05, 0.1) is 113 Å². The monoisotopic (exact) mass is 1640 g/mol. The number of piperazine rings is 3. The molecule has 0 radical (unpaired) electrons. The van der Waals surface area contributed by atoms with Gasteiger partial charge in [0.2, 0.25) is 0 Å². The molecule has 2 N–H and O–H groups in total. The fourth-order valence-corrected chi connectivity index (χ4v) is 12.2. The smallest absolute Gasteiger partial charge is 0.108 e. The summed E-state index contributed by atoms with van der Waals surface area (Å²) in [5.41, 5.74) is 8.44. The van der Waals surface area contributed by atoms with Gasteiger partial charge in [-0.25, -0.2) is 0 Å². The normalized spacial score (nSPS) is 19.0. The van der Waals surface area contributed by atoms with Gasteiger partial charge in [-0.3, -0.25) is 24.5 Å². The predicted octanol–water partition coefficient (Wildman–Crippen LogP) is 18.8. The number of aliphatic hydroxyl groups is 1. The Labute approximate surface area is 705 Å². The zero-order chi connectivity index (χ0) is 81.5. The lowest BCUT2D eigenvalue weighted by atomic mass is 10.0. The molecule has 7 aromatic carbocycles. The van der Waals surface area contributed by atoms with E-state index in [9.17, 15) is 5.11 Å². The number of alkyl halides is 4. The number of halogens is 4. The van der Waals surface area contributed by atoms with E-state index in [1.165, 1.54) is 38.9 Å². The van der Waals surface area contributed by atoms with E-state index in [-0.39, 0.29) is 31.8 Å². The van der Waals surface area contributed by atoms with Crippen molar-refractivity contribution in [2.75, 3.05) is 188 Å². The molecule has 8 saturated heterocycles. The average molecular weight is 1650 g/mol. The molecule has 0 aliphatic carbocycles. The zero-order valence-corrected chi connectivity index (χ0v) is 73.1. The first-order chi connectivity index (χ1) is 55.3. The molecule has 8 fully saturated rings. The summed E-state index contributed by atoms with van der Waals surface area (Å²) in [6.45, 7) is 48.4. The molecule has 4 unspecified atom stereocenters. The minimum absolute atomic E-state index is 0. The molecule has 0 spiro atoms.